The van der Waals surface area contributed by atoms with Crippen molar-refractivity contribution in [2.75, 3.05) is 16.4 Å². The molecule has 36 heavy (non-hydrogen) atoms. The summed E-state index contributed by atoms with van der Waals surface area (Å²) in [6.07, 6.45) is 0. The predicted molar refractivity (Wildman–Crippen MR) is 141 cm³/mol. The van der Waals surface area contributed by atoms with Crippen LogP contribution in [0.1, 0.15) is 10.6 Å². The van der Waals surface area contributed by atoms with Crippen LogP contribution < -0.4 is 15.4 Å². The highest BCUT2D eigenvalue weighted by atomic mass is 32.2. The third-order valence-electron chi connectivity index (χ3n) is 4.87. The first-order valence-electron chi connectivity index (χ1n) is 10.7. The lowest BCUT2D eigenvalue weighted by atomic mass is 10.2. The number of halogens is 2. The number of aromatic nitrogens is 1. The lowest BCUT2D eigenvalue weighted by Crippen LogP contribution is -2.15. The van der Waals surface area contributed by atoms with Gasteiger partial charge in [0.1, 0.15) is 22.4 Å². The number of carbonyl (C=O) groups excluding carboxylic acids is 1. The number of para-hydroxylation sites is 1. The number of rotatable bonds is 9. The topological polar surface area (TPSA) is 87.0 Å². The van der Waals surface area contributed by atoms with E-state index in [2.05, 4.69) is 26.4 Å². The lowest BCUT2D eigenvalue weighted by molar-refractivity contribution is -0.113. The van der Waals surface area contributed by atoms with Gasteiger partial charge in [-0.1, -0.05) is 41.6 Å². The van der Waals surface area contributed by atoms with Gasteiger partial charge in [-0.25, -0.2) is 4.98 Å². The van der Waals surface area contributed by atoms with Gasteiger partial charge in [-0.05, 0) is 55.5 Å². The van der Waals surface area contributed by atoms with Crippen molar-refractivity contribution in [1.29, 1.82) is 5.26 Å². The minimum Gasteiger partial charge on any atom is -0.435 e. The van der Waals surface area contributed by atoms with Crippen LogP contribution in [0.25, 0.3) is 15.8 Å². The minimum absolute atomic E-state index is 0.000441. The van der Waals surface area contributed by atoms with Crippen molar-refractivity contribution in [2.24, 2.45) is 0 Å². The summed E-state index contributed by atoms with van der Waals surface area (Å²) in [4.78, 5) is 17.2. The largest absolute Gasteiger partial charge is 0.435 e. The number of alkyl halides is 2. The molecule has 0 bridgehead atoms. The first-order chi connectivity index (χ1) is 17.4. The maximum atomic E-state index is 12.6. The number of hydrogen-bond acceptors (Lipinski definition) is 7. The molecule has 3 aromatic carbocycles. The summed E-state index contributed by atoms with van der Waals surface area (Å²) in [6, 6.07) is 23.2. The zero-order valence-corrected chi connectivity index (χ0v) is 20.6. The van der Waals surface area contributed by atoms with Crippen molar-refractivity contribution in [3.8, 4) is 11.8 Å². The molecular formula is C26H20F2N4O2S2. The number of nitrogens with one attached hydrogen (secondary N) is 2. The van der Waals surface area contributed by atoms with E-state index in [1.807, 2.05) is 55.5 Å². The van der Waals surface area contributed by atoms with Crippen LogP contribution in [0, 0.1) is 18.3 Å². The summed E-state index contributed by atoms with van der Waals surface area (Å²) in [6.45, 7) is -0.939. The van der Waals surface area contributed by atoms with E-state index in [4.69, 9.17) is 0 Å². The second-order valence-electron chi connectivity index (χ2n) is 7.53. The Morgan fingerprint density at radius 1 is 1.06 bits per heavy atom. The summed E-state index contributed by atoms with van der Waals surface area (Å²) in [5.41, 5.74) is 3.43. The van der Waals surface area contributed by atoms with Crippen LogP contribution in [0.4, 0.5) is 20.2 Å². The summed E-state index contributed by atoms with van der Waals surface area (Å²) in [5, 5.41) is 17.1. The number of hydrogen-bond donors (Lipinski definition) is 2. The van der Waals surface area contributed by atoms with Crippen molar-refractivity contribution in [3.05, 3.63) is 88.4 Å². The molecule has 0 radical (unpaired) electrons. The monoisotopic (exact) mass is 522 g/mol. The van der Waals surface area contributed by atoms with Crippen LogP contribution >= 0.6 is 23.1 Å². The second kappa shape index (κ2) is 11.7. The fourth-order valence-corrected chi connectivity index (χ4v) is 5.02. The van der Waals surface area contributed by atoms with Gasteiger partial charge >= 0.3 is 6.61 Å². The Balaban J connectivity index is 1.55. The van der Waals surface area contributed by atoms with E-state index in [1.165, 1.54) is 47.4 Å². The molecule has 4 aromatic rings. The normalized spacial score (nSPS) is 11.6. The fraction of sp³-hybridized carbons (Fsp3) is 0.115. The quantitative estimate of drug-likeness (QED) is 0.233. The number of thiazole rings is 1. The molecule has 0 aliphatic heterocycles. The van der Waals surface area contributed by atoms with E-state index in [0.717, 1.165) is 21.5 Å². The number of amides is 1. The molecule has 0 saturated heterocycles. The van der Waals surface area contributed by atoms with Gasteiger partial charge in [0, 0.05) is 11.4 Å². The molecule has 6 nitrogen and oxygen atoms in total. The molecule has 4 rings (SSSR count). The Bertz CT molecular complexity index is 1400. The minimum atomic E-state index is -2.92. The molecule has 10 heteroatoms. The Morgan fingerprint density at radius 3 is 2.39 bits per heavy atom. The third kappa shape index (κ3) is 6.59. The number of fused-ring (bicyclic) bond motifs is 1. The molecular weight excluding hydrogens is 502 g/mol. The zero-order valence-electron chi connectivity index (χ0n) is 19.0. The highest BCUT2D eigenvalue weighted by Gasteiger charge is 2.17. The van der Waals surface area contributed by atoms with Gasteiger partial charge in [0.15, 0.2) is 0 Å². The Morgan fingerprint density at radius 2 is 1.72 bits per heavy atom. The smallest absolute Gasteiger partial charge is 0.387 e. The molecule has 0 unspecified atom stereocenters. The summed E-state index contributed by atoms with van der Waals surface area (Å²) >= 11 is 2.58. The van der Waals surface area contributed by atoms with E-state index >= 15 is 0 Å². The van der Waals surface area contributed by atoms with Crippen molar-refractivity contribution in [2.45, 2.75) is 13.5 Å². The van der Waals surface area contributed by atoms with Gasteiger partial charge in [-0.3, -0.25) is 4.79 Å². The van der Waals surface area contributed by atoms with Gasteiger partial charge in [0.05, 0.1) is 21.0 Å². The number of aryl methyl sites for hydroxylation is 1. The highest BCUT2D eigenvalue weighted by molar-refractivity contribution is 8.04. The first-order valence-corrected chi connectivity index (χ1v) is 12.5. The van der Waals surface area contributed by atoms with Crippen LogP contribution in [0.15, 0.2) is 77.8 Å². The van der Waals surface area contributed by atoms with E-state index in [0.29, 0.717) is 21.3 Å². The maximum Gasteiger partial charge on any atom is 0.387 e. The van der Waals surface area contributed by atoms with Gasteiger partial charge < -0.3 is 15.4 Å². The number of carbonyl (C=O) groups is 1. The van der Waals surface area contributed by atoms with E-state index in [1.54, 1.807) is 0 Å². The number of benzene rings is 3. The fourth-order valence-electron chi connectivity index (χ4n) is 3.17. The number of thioether (sulfide) groups is 1. The summed E-state index contributed by atoms with van der Waals surface area (Å²) in [5.74, 6) is -0.328. The lowest BCUT2D eigenvalue weighted by Gasteiger charge is -2.13. The number of allylic oxidation sites excluding steroid dienone is 1. The Hall–Kier alpha value is -3.94. The number of anilines is 2. The van der Waals surface area contributed by atoms with Crippen LogP contribution in [0.2, 0.25) is 0 Å². The van der Waals surface area contributed by atoms with Gasteiger partial charge in [0.25, 0.3) is 0 Å². The molecule has 1 amide bonds. The van der Waals surface area contributed by atoms with Crippen molar-refractivity contribution in [3.63, 3.8) is 0 Å². The Labute approximate surface area is 214 Å². The van der Waals surface area contributed by atoms with Gasteiger partial charge in [-0.15, -0.1) is 11.3 Å². The van der Waals surface area contributed by atoms with E-state index in [-0.39, 0.29) is 17.4 Å². The molecule has 0 saturated carbocycles. The third-order valence-corrected chi connectivity index (χ3v) is 6.92. The molecule has 1 aromatic heterocycles. The van der Waals surface area contributed by atoms with E-state index < -0.39 is 6.61 Å². The molecule has 0 atom stereocenters. The second-order valence-corrected chi connectivity index (χ2v) is 9.55. The SMILES string of the molecule is Cc1ccc(N/C(SCC(=O)Nc2ccc(OC(F)F)cc2)=C(/C#N)c2nc3ccccc3s2)cc1. The molecule has 0 aliphatic carbocycles. The maximum absolute atomic E-state index is 12.6. The molecule has 0 aliphatic rings. The highest BCUT2D eigenvalue weighted by Crippen LogP contribution is 2.33. The average molecular weight is 523 g/mol. The van der Waals surface area contributed by atoms with Crippen LogP contribution in [0.5, 0.6) is 5.75 Å². The molecule has 0 spiro atoms. The van der Waals surface area contributed by atoms with E-state index in [9.17, 15) is 18.8 Å². The Kier molecular flexibility index (Phi) is 8.15. The molecule has 1 heterocycles. The van der Waals surface area contributed by atoms with Gasteiger partial charge in [0.2, 0.25) is 5.91 Å². The summed E-state index contributed by atoms with van der Waals surface area (Å²) in [7, 11) is 0. The number of nitrogens with zero attached hydrogens (tertiary/aromatic N) is 2. The average Bonchev–Trinajstić information content (AvgIpc) is 3.29. The molecule has 182 valence electrons. The summed E-state index contributed by atoms with van der Waals surface area (Å²) < 4.78 is 29.9. The van der Waals surface area contributed by atoms with Crippen LogP contribution in [-0.2, 0) is 4.79 Å². The molecule has 2 N–H and O–H groups in total. The number of ether oxygens (including phenoxy) is 1. The van der Waals surface area contributed by atoms with Crippen LogP contribution in [0.3, 0.4) is 0 Å². The van der Waals surface area contributed by atoms with Gasteiger partial charge in [-0.2, -0.15) is 14.0 Å². The first kappa shape index (κ1) is 25.2. The predicted octanol–water partition coefficient (Wildman–Crippen LogP) is 6.88. The van der Waals surface area contributed by atoms with Crippen molar-refractivity contribution < 1.29 is 18.3 Å². The van der Waals surface area contributed by atoms with Crippen molar-refractivity contribution >= 4 is 56.2 Å². The molecule has 0 fully saturated rings. The zero-order chi connectivity index (χ0) is 25.5. The van der Waals surface area contributed by atoms with Crippen molar-refractivity contribution in [1.82, 2.24) is 4.98 Å². The number of nitriles is 1. The van der Waals surface area contributed by atoms with Crippen LogP contribution in [-0.4, -0.2) is 23.3 Å². The standard InChI is InChI=1S/C26H20F2N4O2S2/c1-16-6-8-18(9-7-16)31-24(20(14-29)25-32-21-4-2-3-5-22(21)36-25)35-15-23(33)30-17-10-12-19(13-11-17)34-26(27)28/h2-13,26,31H,15H2,1H3,(H,30,33)/b24-20+.